The molecule has 2 aromatic rings. The summed E-state index contributed by atoms with van der Waals surface area (Å²) in [6.45, 7) is 6.56. The van der Waals surface area contributed by atoms with Crippen LogP contribution in [-0.4, -0.2) is 12.1 Å². The maximum Gasteiger partial charge on any atom is 0.119 e. The number of ether oxygens (including phenoxy) is 1. The molecule has 0 bridgehead atoms. The van der Waals surface area contributed by atoms with Gasteiger partial charge in [-0.1, -0.05) is 38.8 Å². The summed E-state index contributed by atoms with van der Waals surface area (Å²) in [5, 5.41) is 0. The Hall–Kier alpha value is -2.09. The predicted molar refractivity (Wildman–Crippen MR) is 98.8 cm³/mol. The average Bonchev–Trinajstić information content (AvgIpc) is 2.58. The van der Waals surface area contributed by atoms with Crippen LogP contribution in [0.25, 0.3) is 16.8 Å². The molecule has 0 N–H and O–H groups in total. The van der Waals surface area contributed by atoms with Gasteiger partial charge in [-0.25, -0.2) is 0 Å². The van der Waals surface area contributed by atoms with Gasteiger partial charge < -0.3 is 4.74 Å². The fourth-order valence-electron chi connectivity index (χ4n) is 2.82. The van der Waals surface area contributed by atoms with E-state index in [1.54, 1.807) is 7.11 Å². The van der Waals surface area contributed by atoms with E-state index in [-0.39, 0.29) is 0 Å². The second-order valence-electron chi connectivity index (χ2n) is 5.85. The summed E-state index contributed by atoms with van der Waals surface area (Å²) in [5.41, 5.74) is 6.10. The zero-order valence-corrected chi connectivity index (χ0v) is 14.7. The molecule has 0 aliphatic heterocycles. The van der Waals surface area contributed by atoms with Crippen LogP contribution in [0.4, 0.5) is 0 Å². The van der Waals surface area contributed by atoms with Crippen molar-refractivity contribution in [2.75, 3.05) is 7.11 Å². The number of unbranched alkanes of at least 4 members (excludes halogenated alkanes) is 1. The van der Waals surface area contributed by atoms with Gasteiger partial charge in [-0.2, -0.15) is 0 Å². The quantitative estimate of drug-likeness (QED) is 0.621. The third-order valence-electron chi connectivity index (χ3n) is 4.04. The third kappa shape index (κ3) is 4.22. The topological polar surface area (TPSA) is 22.1 Å². The van der Waals surface area contributed by atoms with E-state index in [4.69, 9.17) is 4.74 Å². The lowest BCUT2D eigenvalue weighted by Crippen LogP contribution is -1.96. The largest absolute Gasteiger partial charge is 0.497 e. The molecule has 23 heavy (non-hydrogen) atoms. The van der Waals surface area contributed by atoms with Crippen molar-refractivity contribution < 1.29 is 4.74 Å². The van der Waals surface area contributed by atoms with Crippen LogP contribution < -0.4 is 4.74 Å². The van der Waals surface area contributed by atoms with Crippen LogP contribution in [0.5, 0.6) is 5.75 Å². The first-order valence-corrected chi connectivity index (χ1v) is 8.50. The summed E-state index contributed by atoms with van der Waals surface area (Å²) < 4.78 is 5.46. The number of aromatic nitrogens is 1. The van der Waals surface area contributed by atoms with Gasteiger partial charge in [-0.05, 0) is 60.7 Å². The molecule has 1 heterocycles. The van der Waals surface area contributed by atoms with Gasteiger partial charge in [-0.3, -0.25) is 4.98 Å². The third-order valence-corrected chi connectivity index (χ3v) is 4.04. The van der Waals surface area contributed by atoms with E-state index in [2.05, 4.69) is 50.0 Å². The number of nitrogens with zero attached hydrogens (tertiary/aromatic N) is 1. The molecule has 0 unspecified atom stereocenters. The molecule has 122 valence electrons. The van der Waals surface area contributed by atoms with E-state index < -0.39 is 0 Å². The summed E-state index contributed by atoms with van der Waals surface area (Å²) >= 11 is 0. The highest BCUT2D eigenvalue weighted by atomic mass is 16.5. The van der Waals surface area contributed by atoms with Gasteiger partial charge >= 0.3 is 0 Å². The molecule has 1 aromatic carbocycles. The highest BCUT2D eigenvalue weighted by Gasteiger charge is 2.13. The molecule has 0 saturated carbocycles. The molecule has 0 radical (unpaired) electrons. The van der Waals surface area contributed by atoms with E-state index in [1.807, 2.05) is 18.3 Å². The number of pyridine rings is 1. The van der Waals surface area contributed by atoms with Crippen LogP contribution >= 0.6 is 0 Å². The number of hydrogen-bond acceptors (Lipinski definition) is 2. The SMILES string of the molecule is CCC/C=C(\CCC)c1cc(OC)ccc1-c1ncccc1C. The van der Waals surface area contributed by atoms with Gasteiger partial charge in [0.15, 0.2) is 0 Å². The maximum absolute atomic E-state index is 5.46. The highest BCUT2D eigenvalue weighted by molar-refractivity contribution is 5.82. The van der Waals surface area contributed by atoms with E-state index in [9.17, 15) is 0 Å². The van der Waals surface area contributed by atoms with Crippen molar-refractivity contribution in [2.24, 2.45) is 0 Å². The molecule has 0 aliphatic rings. The number of rotatable bonds is 7. The Morgan fingerprint density at radius 1 is 1.17 bits per heavy atom. The van der Waals surface area contributed by atoms with Gasteiger partial charge in [-0.15, -0.1) is 0 Å². The number of methoxy groups -OCH3 is 1. The smallest absolute Gasteiger partial charge is 0.119 e. The summed E-state index contributed by atoms with van der Waals surface area (Å²) in [6.07, 6.45) is 8.72. The molecule has 2 heteroatoms. The number of aryl methyl sites for hydroxylation is 1. The standard InChI is InChI=1S/C21H27NO/c1-5-7-11-17(9-6-2)20-15-18(23-4)12-13-19(20)21-16(3)10-8-14-22-21/h8,10-15H,5-7,9H2,1-4H3/b17-11+. The maximum atomic E-state index is 5.46. The Morgan fingerprint density at radius 3 is 2.65 bits per heavy atom. The van der Waals surface area contributed by atoms with Crippen molar-refractivity contribution >= 4 is 5.57 Å². The fraction of sp³-hybridized carbons (Fsp3) is 0.381. The molecule has 2 rings (SSSR count). The Labute approximate surface area is 140 Å². The van der Waals surface area contributed by atoms with Crippen LogP contribution in [-0.2, 0) is 0 Å². The van der Waals surface area contributed by atoms with Gasteiger partial charge in [0.25, 0.3) is 0 Å². The highest BCUT2D eigenvalue weighted by Crippen LogP contribution is 2.34. The molecule has 1 aromatic heterocycles. The zero-order valence-electron chi connectivity index (χ0n) is 14.7. The first-order valence-electron chi connectivity index (χ1n) is 8.50. The number of hydrogen-bond donors (Lipinski definition) is 0. The minimum absolute atomic E-state index is 0.899. The summed E-state index contributed by atoms with van der Waals surface area (Å²) in [6, 6.07) is 10.4. The van der Waals surface area contributed by atoms with Crippen molar-refractivity contribution in [3.8, 4) is 17.0 Å². The summed E-state index contributed by atoms with van der Waals surface area (Å²) in [7, 11) is 1.72. The molecule has 0 fully saturated rings. The van der Waals surface area contributed by atoms with Gasteiger partial charge in [0, 0.05) is 11.8 Å². The van der Waals surface area contributed by atoms with Crippen LogP contribution in [0.3, 0.4) is 0 Å². The molecule has 0 atom stereocenters. The Bertz CT molecular complexity index is 673. The monoisotopic (exact) mass is 309 g/mol. The van der Waals surface area contributed by atoms with Crippen LogP contribution in [0.2, 0.25) is 0 Å². The Kier molecular flexibility index (Phi) is 6.40. The van der Waals surface area contributed by atoms with Crippen molar-refractivity contribution in [3.63, 3.8) is 0 Å². The molecule has 2 nitrogen and oxygen atoms in total. The molecule has 0 amide bonds. The lowest BCUT2D eigenvalue weighted by molar-refractivity contribution is 0.414. The lowest BCUT2D eigenvalue weighted by Gasteiger charge is -2.16. The molecule has 0 spiro atoms. The van der Waals surface area contributed by atoms with Crippen molar-refractivity contribution in [1.29, 1.82) is 0 Å². The van der Waals surface area contributed by atoms with E-state index in [0.29, 0.717) is 0 Å². The molecular formula is C21H27NO. The van der Waals surface area contributed by atoms with Crippen LogP contribution in [0.1, 0.15) is 50.7 Å². The first kappa shape index (κ1) is 17.3. The van der Waals surface area contributed by atoms with Gasteiger partial charge in [0.05, 0.1) is 12.8 Å². The molecular weight excluding hydrogens is 282 g/mol. The van der Waals surface area contributed by atoms with Crippen molar-refractivity contribution in [3.05, 3.63) is 53.7 Å². The van der Waals surface area contributed by atoms with Gasteiger partial charge in [0.2, 0.25) is 0 Å². The normalized spacial score (nSPS) is 11.6. The summed E-state index contributed by atoms with van der Waals surface area (Å²) in [4.78, 5) is 4.62. The first-order chi connectivity index (χ1) is 11.2. The van der Waals surface area contributed by atoms with E-state index in [1.165, 1.54) is 22.3 Å². The average molecular weight is 309 g/mol. The molecule has 0 saturated heterocycles. The van der Waals surface area contributed by atoms with Gasteiger partial charge in [0.1, 0.15) is 5.75 Å². The second-order valence-corrected chi connectivity index (χ2v) is 5.85. The van der Waals surface area contributed by atoms with Crippen LogP contribution in [0, 0.1) is 6.92 Å². The lowest BCUT2D eigenvalue weighted by atomic mass is 9.92. The minimum atomic E-state index is 0.899. The predicted octanol–water partition coefficient (Wildman–Crippen LogP) is 6.05. The summed E-state index contributed by atoms with van der Waals surface area (Å²) in [5.74, 6) is 0.899. The van der Waals surface area contributed by atoms with Crippen molar-refractivity contribution in [2.45, 2.75) is 46.5 Å². The van der Waals surface area contributed by atoms with Crippen molar-refractivity contribution in [1.82, 2.24) is 4.98 Å². The van der Waals surface area contributed by atoms with E-state index >= 15 is 0 Å². The Morgan fingerprint density at radius 2 is 2.00 bits per heavy atom. The molecule has 0 aliphatic carbocycles. The minimum Gasteiger partial charge on any atom is -0.497 e. The van der Waals surface area contributed by atoms with Crippen LogP contribution in [0.15, 0.2) is 42.6 Å². The zero-order chi connectivity index (χ0) is 16.7. The number of benzene rings is 1. The Balaban J connectivity index is 2.61. The number of allylic oxidation sites excluding steroid dienone is 2. The van der Waals surface area contributed by atoms with E-state index in [0.717, 1.165) is 37.1 Å². The fourth-order valence-corrected chi connectivity index (χ4v) is 2.82. The second kappa shape index (κ2) is 8.52.